The molecule has 130 valence electrons. The summed E-state index contributed by atoms with van der Waals surface area (Å²) in [6.45, 7) is 6.51. The van der Waals surface area contributed by atoms with Crippen molar-refractivity contribution in [2.24, 2.45) is 29.6 Å². The Bertz CT molecular complexity index is 410. The van der Waals surface area contributed by atoms with Crippen LogP contribution >= 0.6 is 0 Å². The molecule has 0 aromatic heterocycles. The van der Waals surface area contributed by atoms with Crippen molar-refractivity contribution in [1.82, 2.24) is 15.5 Å². The highest BCUT2D eigenvalue weighted by Gasteiger charge is 2.48. The van der Waals surface area contributed by atoms with Crippen molar-refractivity contribution in [3.8, 4) is 0 Å². The second kappa shape index (κ2) is 6.62. The van der Waals surface area contributed by atoms with E-state index in [0.29, 0.717) is 6.04 Å². The van der Waals surface area contributed by atoms with E-state index in [1.54, 1.807) is 0 Å². The van der Waals surface area contributed by atoms with Gasteiger partial charge in [-0.2, -0.15) is 0 Å². The third kappa shape index (κ3) is 3.52. The maximum atomic E-state index is 12.3. The van der Waals surface area contributed by atoms with Gasteiger partial charge in [0.05, 0.1) is 0 Å². The quantitative estimate of drug-likeness (QED) is 0.837. The van der Waals surface area contributed by atoms with Crippen molar-refractivity contribution in [1.29, 1.82) is 0 Å². The van der Waals surface area contributed by atoms with Crippen LogP contribution in [-0.2, 0) is 0 Å². The lowest BCUT2D eigenvalue weighted by molar-refractivity contribution is -0.00943. The van der Waals surface area contributed by atoms with Crippen LogP contribution in [0.4, 0.5) is 4.79 Å². The van der Waals surface area contributed by atoms with Crippen LogP contribution in [0, 0.1) is 29.6 Å². The molecule has 0 aromatic carbocycles. The van der Waals surface area contributed by atoms with Crippen LogP contribution < -0.4 is 10.6 Å². The minimum absolute atomic E-state index is 0.0764. The van der Waals surface area contributed by atoms with E-state index >= 15 is 0 Å². The molecule has 5 rings (SSSR count). The molecular formula is C19H33N3O. The van der Waals surface area contributed by atoms with Crippen molar-refractivity contribution in [2.45, 2.75) is 57.9 Å². The van der Waals surface area contributed by atoms with E-state index in [2.05, 4.69) is 22.5 Å². The molecule has 4 nitrogen and oxygen atoms in total. The van der Waals surface area contributed by atoms with E-state index in [4.69, 9.17) is 0 Å². The van der Waals surface area contributed by atoms with Crippen LogP contribution in [-0.4, -0.2) is 43.2 Å². The van der Waals surface area contributed by atoms with Gasteiger partial charge in [0.25, 0.3) is 0 Å². The SMILES string of the molecule is CC1CCCN(CCNC(=O)NC2C3CC4CC(C3)CC2C4)C1. The minimum atomic E-state index is 0.0764. The predicted octanol–water partition coefficient (Wildman–Crippen LogP) is 2.84. The first kappa shape index (κ1) is 15.7. The standard InChI is InChI=1S/C19H33N3O/c1-13-3-2-5-22(12-13)6-4-20-19(23)21-18-16-8-14-7-15(10-16)11-17(18)9-14/h13-18H,2-12H2,1H3,(H2,20,21,23). The molecule has 4 aliphatic carbocycles. The van der Waals surface area contributed by atoms with Crippen LogP contribution in [0.2, 0.25) is 0 Å². The highest BCUT2D eigenvalue weighted by Crippen LogP contribution is 2.53. The van der Waals surface area contributed by atoms with Crippen LogP contribution in [0.25, 0.3) is 0 Å². The van der Waals surface area contributed by atoms with Gasteiger partial charge in [-0.05, 0) is 81.1 Å². The Morgan fingerprint density at radius 3 is 2.43 bits per heavy atom. The molecule has 2 N–H and O–H groups in total. The summed E-state index contributed by atoms with van der Waals surface area (Å²) in [5.41, 5.74) is 0. The van der Waals surface area contributed by atoms with Crippen LogP contribution in [0.15, 0.2) is 0 Å². The first-order valence-electron chi connectivity index (χ1n) is 9.94. The highest BCUT2D eigenvalue weighted by atomic mass is 16.2. The molecule has 1 heterocycles. The number of carbonyl (C=O) groups excluding carboxylic acids is 1. The van der Waals surface area contributed by atoms with Crippen molar-refractivity contribution in [3.05, 3.63) is 0 Å². The number of likely N-dealkylation sites (tertiary alicyclic amines) is 1. The van der Waals surface area contributed by atoms with Crippen molar-refractivity contribution in [3.63, 3.8) is 0 Å². The zero-order valence-electron chi connectivity index (χ0n) is 14.6. The van der Waals surface area contributed by atoms with Crippen LogP contribution in [0.3, 0.4) is 0 Å². The van der Waals surface area contributed by atoms with E-state index in [9.17, 15) is 4.79 Å². The number of hydrogen-bond donors (Lipinski definition) is 2. The molecule has 1 aliphatic heterocycles. The Balaban J connectivity index is 1.20. The highest BCUT2D eigenvalue weighted by molar-refractivity contribution is 5.74. The van der Waals surface area contributed by atoms with Crippen LogP contribution in [0.5, 0.6) is 0 Å². The van der Waals surface area contributed by atoms with Crippen molar-refractivity contribution < 1.29 is 4.79 Å². The number of hydrogen-bond acceptors (Lipinski definition) is 2. The van der Waals surface area contributed by atoms with Gasteiger partial charge in [0.2, 0.25) is 0 Å². The normalized spacial score (nSPS) is 42.7. The van der Waals surface area contributed by atoms with Gasteiger partial charge in [-0.25, -0.2) is 4.79 Å². The molecule has 0 aromatic rings. The lowest BCUT2D eigenvalue weighted by Gasteiger charge is -2.54. The number of carbonyl (C=O) groups is 1. The van der Waals surface area contributed by atoms with Gasteiger partial charge in [-0.1, -0.05) is 6.92 Å². The molecule has 23 heavy (non-hydrogen) atoms. The fourth-order valence-electron chi connectivity index (χ4n) is 6.18. The zero-order chi connectivity index (χ0) is 15.8. The number of rotatable bonds is 4. The predicted molar refractivity (Wildman–Crippen MR) is 92.2 cm³/mol. The Kier molecular flexibility index (Phi) is 4.53. The Labute approximate surface area is 140 Å². The molecule has 5 fully saturated rings. The second-order valence-corrected chi connectivity index (χ2v) is 8.90. The summed E-state index contributed by atoms with van der Waals surface area (Å²) in [5.74, 6) is 4.28. The average Bonchev–Trinajstić information content (AvgIpc) is 2.50. The fraction of sp³-hybridized carbons (Fsp3) is 0.947. The summed E-state index contributed by atoms with van der Waals surface area (Å²) < 4.78 is 0. The van der Waals surface area contributed by atoms with Gasteiger partial charge in [-0.3, -0.25) is 0 Å². The fourth-order valence-corrected chi connectivity index (χ4v) is 6.18. The summed E-state index contributed by atoms with van der Waals surface area (Å²) in [7, 11) is 0. The first-order valence-corrected chi connectivity index (χ1v) is 9.94. The second-order valence-electron chi connectivity index (χ2n) is 8.90. The molecule has 1 saturated heterocycles. The third-order valence-corrected chi connectivity index (χ3v) is 6.98. The maximum absolute atomic E-state index is 12.3. The monoisotopic (exact) mass is 319 g/mol. The molecule has 0 spiro atoms. The molecule has 0 radical (unpaired) electrons. The number of urea groups is 1. The van der Waals surface area contributed by atoms with E-state index in [0.717, 1.165) is 42.7 Å². The van der Waals surface area contributed by atoms with E-state index in [1.807, 2.05) is 0 Å². The molecule has 4 heteroatoms. The average molecular weight is 319 g/mol. The molecule has 4 bridgehead atoms. The number of amides is 2. The smallest absolute Gasteiger partial charge is 0.315 e. The van der Waals surface area contributed by atoms with Gasteiger partial charge in [0.1, 0.15) is 0 Å². The summed E-state index contributed by atoms with van der Waals surface area (Å²) in [4.78, 5) is 14.8. The largest absolute Gasteiger partial charge is 0.337 e. The Morgan fingerprint density at radius 2 is 1.78 bits per heavy atom. The first-order chi connectivity index (χ1) is 11.2. The number of nitrogens with one attached hydrogen (secondary N) is 2. The molecule has 1 unspecified atom stereocenters. The number of piperidine rings is 1. The topological polar surface area (TPSA) is 44.4 Å². The van der Waals surface area contributed by atoms with E-state index in [-0.39, 0.29) is 6.03 Å². The summed E-state index contributed by atoms with van der Waals surface area (Å²) in [6, 6.07) is 0.533. The Hall–Kier alpha value is -0.770. The zero-order valence-corrected chi connectivity index (χ0v) is 14.6. The van der Waals surface area contributed by atoms with Gasteiger partial charge >= 0.3 is 6.03 Å². The van der Waals surface area contributed by atoms with Gasteiger partial charge in [0.15, 0.2) is 0 Å². The molecule has 1 atom stereocenters. The summed E-state index contributed by atoms with van der Waals surface area (Å²) in [5, 5.41) is 6.45. The maximum Gasteiger partial charge on any atom is 0.315 e. The summed E-state index contributed by atoms with van der Waals surface area (Å²) in [6.07, 6.45) is 9.60. The van der Waals surface area contributed by atoms with Crippen LogP contribution in [0.1, 0.15) is 51.9 Å². The number of nitrogens with zero attached hydrogens (tertiary/aromatic N) is 1. The van der Waals surface area contributed by atoms with Crippen molar-refractivity contribution in [2.75, 3.05) is 26.2 Å². The van der Waals surface area contributed by atoms with Crippen molar-refractivity contribution >= 4 is 6.03 Å². The molecule has 5 aliphatic rings. The third-order valence-electron chi connectivity index (χ3n) is 6.98. The van der Waals surface area contributed by atoms with E-state index in [1.165, 1.54) is 58.0 Å². The molecule has 4 saturated carbocycles. The van der Waals surface area contributed by atoms with Gasteiger partial charge in [-0.15, -0.1) is 0 Å². The lowest BCUT2D eigenvalue weighted by atomic mass is 9.54. The lowest BCUT2D eigenvalue weighted by Crippen LogP contribution is -2.57. The van der Waals surface area contributed by atoms with Gasteiger partial charge < -0.3 is 15.5 Å². The minimum Gasteiger partial charge on any atom is -0.337 e. The Morgan fingerprint density at radius 1 is 1.09 bits per heavy atom. The molecule has 2 amide bonds. The van der Waals surface area contributed by atoms with E-state index < -0.39 is 0 Å². The van der Waals surface area contributed by atoms with Gasteiger partial charge in [0, 0.05) is 25.7 Å². The molecular weight excluding hydrogens is 286 g/mol. The summed E-state index contributed by atoms with van der Waals surface area (Å²) >= 11 is 0.